The highest BCUT2D eigenvalue weighted by Gasteiger charge is 2.14. The van der Waals surface area contributed by atoms with Crippen molar-refractivity contribution in [1.82, 2.24) is 0 Å². The maximum atomic E-state index is 10.5. The highest BCUT2D eigenvalue weighted by Crippen LogP contribution is 2.30. The summed E-state index contributed by atoms with van der Waals surface area (Å²) < 4.78 is 5.00. The van der Waals surface area contributed by atoms with E-state index in [0.29, 0.717) is 0 Å². The SMILES string of the molecule is CC(Oc1cccc(O)c1N)C(=O)O. The molecule has 0 radical (unpaired) electrons. The van der Waals surface area contributed by atoms with E-state index in [0.717, 1.165) is 0 Å². The monoisotopic (exact) mass is 197 g/mol. The van der Waals surface area contributed by atoms with Gasteiger partial charge in [-0.15, -0.1) is 0 Å². The van der Waals surface area contributed by atoms with Crippen molar-refractivity contribution in [2.24, 2.45) is 0 Å². The maximum absolute atomic E-state index is 10.5. The fourth-order valence-corrected chi connectivity index (χ4v) is 0.876. The van der Waals surface area contributed by atoms with E-state index in [4.69, 9.17) is 15.6 Å². The molecule has 1 aromatic carbocycles. The summed E-state index contributed by atoms with van der Waals surface area (Å²) >= 11 is 0. The molecule has 0 spiro atoms. The van der Waals surface area contributed by atoms with Gasteiger partial charge >= 0.3 is 5.97 Å². The Labute approximate surface area is 80.7 Å². The number of ether oxygens (including phenoxy) is 1. The fourth-order valence-electron chi connectivity index (χ4n) is 0.876. The molecule has 1 aromatic rings. The largest absolute Gasteiger partial charge is 0.506 e. The molecular formula is C9H11NO4. The Hall–Kier alpha value is -1.91. The number of aliphatic carboxylic acids is 1. The number of hydrogen-bond acceptors (Lipinski definition) is 4. The normalized spacial score (nSPS) is 12.1. The molecule has 0 saturated heterocycles. The first kappa shape index (κ1) is 10.2. The molecular weight excluding hydrogens is 186 g/mol. The molecule has 0 aliphatic heterocycles. The molecule has 1 atom stereocenters. The number of carbonyl (C=O) groups is 1. The van der Waals surface area contributed by atoms with Gasteiger partial charge in [0.2, 0.25) is 0 Å². The quantitative estimate of drug-likeness (QED) is 0.493. The lowest BCUT2D eigenvalue weighted by Crippen LogP contribution is -2.23. The maximum Gasteiger partial charge on any atom is 0.344 e. The van der Waals surface area contributed by atoms with Crippen LogP contribution in [-0.4, -0.2) is 22.3 Å². The van der Waals surface area contributed by atoms with Crippen molar-refractivity contribution in [2.45, 2.75) is 13.0 Å². The van der Waals surface area contributed by atoms with Crippen LogP contribution in [0.5, 0.6) is 11.5 Å². The second-order valence-corrected chi connectivity index (χ2v) is 2.79. The summed E-state index contributed by atoms with van der Waals surface area (Å²) in [6.07, 6.45) is -1.00. The van der Waals surface area contributed by atoms with Gasteiger partial charge in [0.15, 0.2) is 6.10 Å². The molecule has 14 heavy (non-hydrogen) atoms. The lowest BCUT2D eigenvalue weighted by atomic mass is 10.2. The van der Waals surface area contributed by atoms with Gasteiger partial charge < -0.3 is 20.7 Å². The molecule has 0 fully saturated rings. The highest BCUT2D eigenvalue weighted by molar-refractivity contribution is 5.73. The molecule has 5 heteroatoms. The standard InChI is InChI=1S/C9H11NO4/c1-5(9(12)13)14-7-4-2-3-6(11)8(7)10/h2-5,11H,10H2,1H3,(H,12,13). The molecule has 1 unspecified atom stereocenters. The van der Waals surface area contributed by atoms with Crippen LogP contribution in [0.4, 0.5) is 5.69 Å². The third-order valence-electron chi connectivity index (χ3n) is 1.69. The van der Waals surface area contributed by atoms with Crippen molar-refractivity contribution in [2.75, 3.05) is 5.73 Å². The Morgan fingerprint density at radius 3 is 2.79 bits per heavy atom. The zero-order chi connectivity index (χ0) is 10.7. The minimum atomic E-state index is -1.09. The summed E-state index contributed by atoms with van der Waals surface area (Å²) in [6.45, 7) is 1.38. The van der Waals surface area contributed by atoms with Gasteiger partial charge in [-0.2, -0.15) is 0 Å². The van der Waals surface area contributed by atoms with Crippen LogP contribution < -0.4 is 10.5 Å². The number of benzene rings is 1. The van der Waals surface area contributed by atoms with Crippen LogP contribution in [0.1, 0.15) is 6.92 Å². The molecule has 0 aliphatic carbocycles. The minimum absolute atomic E-state index is 0.0422. The second-order valence-electron chi connectivity index (χ2n) is 2.79. The fraction of sp³-hybridized carbons (Fsp3) is 0.222. The molecule has 4 N–H and O–H groups in total. The van der Waals surface area contributed by atoms with Crippen molar-refractivity contribution < 1.29 is 19.7 Å². The number of para-hydroxylation sites is 1. The van der Waals surface area contributed by atoms with Crippen LogP contribution in [0.15, 0.2) is 18.2 Å². The van der Waals surface area contributed by atoms with Crippen molar-refractivity contribution in [3.63, 3.8) is 0 Å². The number of aromatic hydroxyl groups is 1. The zero-order valence-electron chi connectivity index (χ0n) is 7.60. The number of rotatable bonds is 3. The van der Waals surface area contributed by atoms with Crippen molar-refractivity contribution >= 4 is 11.7 Å². The molecule has 76 valence electrons. The van der Waals surface area contributed by atoms with E-state index in [1.165, 1.54) is 25.1 Å². The molecule has 1 rings (SSSR count). The predicted molar refractivity (Wildman–Crippen MR) is 50.2 cm³/mol. The van der Waals surface area contributed by atoms with Crippen LogP contribution >= 0.6 is 0 Å². The van der Waals surface area contributed by atoms with Gasteiger partial charge in [0, 0.05) is 0 Å². The molecule has 0 aliphatic rings. The van der Waals surface area contributed by atoms with Crippen LogP contribution in [-0.2, 0) is 4.79 Å². The third kappa shape index (κ3) is 2.07. The average molecular weight is 197 g/mol. The molecule has 5 nitrogen and oxygen atoms in total. The summed E-state index contributed by atoms with van der Waals surface area (Å²) in [5, 5.41) is 17.8. The van der Waals surface area contributed by atoms with E-state index in [-0.39, 0.29) is 17.2 Å². The van der Waals surface area contributed by atoms with E-state index < -0.39 is 12.1 Å². The molecule has 0 bridgehead atoms. The summed E-state index contributed by atoms with van der Waals surface area (Å²) in [4.78, 5) is 10.5. The van der Waals surface area contributed by atoms with Gasteiger partial charge in [-0.25, -0.2) is 4.79 Å². The number of carboxylic acid groups (broad SMARTS) is 1. The second kappa shape index (κ2) is 3.87. The number of carboxylic acids is 1. The van der Waals surface area contributed by atoms with Crippen molar-refractivity contribution in [3.05, 3.63) is 18.2 Å². The third-order valence-corrected chi connectivity index (χ3v) is 1.69. The number of nitrogens with two attached hydrogens (primary N) is 1. The van der Waals surface area contributed by atoms with Crippen molar-refractivity contribution in [3.8, 4) is 11.5 Å². The zero-order valence-corrected chi connectivity index (χ0v) is 7.60. The number of hydrogen-bond donors (Lipinski definition) is 3. The first-order valence-electron chi connectivity index (χ1n) is 3.99. The van der Waals surface area contributed by atoms with Crippen molar-refractivity contribution in [1.29, 1.82) is 0 Å². The van der Waals surface area contributed by atoms with Crippen LogP contribution in [0.3, 0.4) is 0 Å². The van der Waals surface area contributed by atoms with Gasteiger partial charge in [0.05, 0.1) is 0 Å². The average Bonchev–Trinajstić information content (AvgIpc) is 2.12. The first-order chi connectivity index (χ1) is 6.52. The van der Waals surface area contributed by atoms with E-state index in [1.54, 1.807) is 0 Å². The Balaban J connectivity index is 2.87. The van der Waals surface area contributed by atoms with Gasteiger partial charge in [0.1, 0.15) is 17.2 Å². The van der Waals surface area contributed by atoms with E-state index in [2.05, 4.69) is 0 Å². The highest BCUT2D eigenvalue weighted by atomic mass is 16.5. The lowest BCUT2D eigenvalue weighted by molar-refractivity contribution is -0.144. The number of phenols is 1. The van der Waals surface area contributed by atoms with Crippen LogP contribution in [0.2, 0.25) is 0 Å². The van der Waals surface area contributed by atoms with E-state index in [9.17, 15) is 9.90 Å². The Morgan fingerprint density at radius 1 is 1.57 bits per heavy atom. The topological polar surface area (TPSA) is 92.8 Å². The smallest absolute Gasteiger partial charge is 0.344 e. The molecule has 0 aromatic heterocycles. The minimum Gasteiger partial charge on any atom is -0.506 e. The van der Waals surface area contributed by atoms with Gasteiger partial charge in [-0.05, 0) is 19.1 Å². The molecule has 0 heterocycles. The Bertz CT molecular complexity index is 351. The van der Waals surface area contributed by atoms with Crippen LogP contribution in [0, 0.1) is 0 Å². The summed E-state index contributed by atoms with van der Waals surface area (Å²) in [6, 6.07) is 4.41. The summed E-state index contributed by atoms with van der Waals surface area (Å²) in [7, 11) is 0. The lowest BCUT2D eigenvalue weighted by Gasteiger charge is -2.12. The van der Waals surface area contributed by atoms with Gasteiger partial charge in [-0.3, -0.25) is 0 Å². The predicted octanol–water partition coefficient (Wildman–Crippen LogP) is 0.826. The number of anilines is 1. The van der Waals surface area contributed by atoms with E-state index >= 15 is 0 Å². The number of nitrogen functional groups attached to an aromatic ring is 1. The van der Waals surface area contributed by atoms with E-state index in [1.807, 2.05) is 0 Å². The van der Waals surface area contributed by atoms with Gasteiger partial charge in [-0.1, -0.05) is 6.07 Å². The first-order valence-corrected chi connectivity index (χ1v) is 3.99. The summed E-state index contributed by atoms with van der Waals surface area (Å²) in [5.74, 6) is -1.05. The van der Waals surface area contributed by atoms with Crippen LogP contribution in [0.25, 0.3) is 0 Å². The molecule has 0 amide bonds. The Kier molecular flexibility index (Phi) is 2.81. The Morgan fingerprint density at radius 2 is 2.21 bits per heavy atom. The summed E-state index contributed by atoms with van der Waals surface area (Å²) in [5.41, 5.74) is 5.51. The number of phenolic OH excluding ortho intramolecular Hbond substituents is 1. The van der Waals surface area contributed by atoms with Gasteiger partial charge in [0.25, 0.3) is 0 Å². The molecule has 0 saturated carbocycles.